The van der Waals surface area contributed by atoms with E-state index in [1.807, 2.05) is 4.57 Å². The Labute approximate surface area is 175 Å². The monoisotopic (exact) mass is 438 g/mol. The molecule has 3 heterocycles. The van der Waals surface area contributed by atoms with Crippen LogP contribution in [0.1, 0.15) is 12.4 Å². The molecule has 4 rings (SSSR count). The first-order valence-electron chi connectivity index (χ1n) is 9.53. The second kappa shape index (κ2) is 9.63. The Balaban J connectivity index is 1.55. The van der Waals surface area contributed by atoms with Gasteiger partial charge in [-0.1, -0.05) is 11.8 Å². The topological polar surface area (TPSA) is 61.0 Å². The molecule has 1 saturated heterocycles. The minimum absolute atomic E-state index is 0.233. The van der Waals surface area contributed by atoms with Crippen LogP contribution in [0.25, 0.3) is 11.4 Å². The summed E-state index contributed by atoms with van der Waals surface area (Å²) in [6, 6.07) is 6.07. The minimum Gasteiger partial charge on any atom is -0.379 e. The first-order valence-corrected chi connectivity index (χ1v) is 10.5. The molecule has 1 aromatic carbocycles. The van der Waals surface area contributed by atoms with Gasteiger partial charge in [-0.3, -0.25) is 9.47 Å². The second-order valence-corrected chi connectivity index (χ2v) is 7.68. The summed E-state index contributed by atoms with van der Waals surface area (Å²) in [5.74, 6) is 0.784. The summed E-state index contributed by atoms with van der Waals surface area (Å²) in [5.41, 5.74) is 0.742. The smallest absolute Gasteiger partial charge is 0.319 e. The van der Waals surface area contributed by atoms with Crippen LogP contribution in [0.2, 0.25) is 0 Å². The SMILES string of the molecule is Fc1ccc(-c2nnc(SCc3nccn3C(F)F)n2CCN2CCOCC2)cc1. The molecule has 1 aliphatic heterocycles. The molecular weight excluding hydrogens is 417 g/mol. The van der Waals surface area contributed by atoms with Crippen LogP contribution >= 0.6 is 11.8 Å². The number of ether oxygens (including phenoxy) is 1. The number of aromatic nitrogens is 5. The summed E-state index contributed by atoms with van der Waals surface area (Å²) in [5, 5.41) is 9.16. The van der Waals surface area contributed by atoms with Crippen molar-refractivity contribution in [1.82, 2.24) is 29.2 Å². The number of halogens is 3. The van der Waals surface area contributed by atoms with E-state index in [1.54, 1.807) is 12.1 Å². The zero-order valence-corrected chi connectivity index (χ0v) is 16.9. The Bertz CT molecular complexity index is 956. The normalized spacial score (nSPS) is 15.2. The van der Waals surface area contributed by atoms with Crippen LogP contribution in [-0.4, -0.2) is 62.1 Å². The molecule has 0 spiro atoms. The molecule has 1 aliphatic rings. The van der Waals surface area contributed by atoms with Gasteiger partial charge in [-0.2, -0.15) is 8.78 Å². The molecule has 160 valence electrons. The first kappa shape index (κ1) is 20.9. The van der Waals surface area contributed by atoms with Gasteiger partial charge in [0.25, 0.3) is 0 Å². The zero-order valence-electron chi connectivity index (χ0n) is 16.1. The highest BCUT2D eigenvalue weighted by molar-refractivity contribution is 7.98. The summed E-state index contributed by atoms with van der Waals surface area (Å²) in [7, 11) is 0. The maximum Gasteiger partial charge on any atom is 0.319 e. The van der Waals surface area contributed by atoms with Crippen molar-refractivity contribution in [1.29, 1.82) is 0 Å². The van der Waals surface area contributed by atoms with Gasteiger partial charge in [-0.15, -0.1) is 10.2 Å². The number of hydrogen-bond acceptors (Lipinski definition) is 6. The number of hydrogen-bond donors (Lipinski definition) is 0. The number of benzene rings is 1. The van der Waals surface area contributed by atoms with Crippen molar-refractivity contribution < 1.29 is 17.9 Å². The molecule has 1 fully saturated rings. The van der Waals surface area contributed by atoms with Gasteiger partial charge in [0.1, 0.15) is 11.6 Å². The van der Waals surface area contributed by atoms with Crippen molar-refractivity contribution in [3.63, 3.8) is 0 Å². The summed E-state index contributed by atoms with van der Waals surface area (Å²) in [6.45, 7) is 1.85. The average Bonchev–Trinajstić information content (AvgIpc) is 3.39. The number of thioether (sulfide) groups is 1. The van der Waals surface area contributed by atoms with Crippen molar-refractivity contribution >= 4 is 11.8 Å². The third-order valence-corrected chi connectivity index (χ3v) is 5.82. The summed E-state index contributed by atoms with van der Waals surface area (Å²) in [6.07, 6.45) is 2.61. The standard InChI is InChI=1S/C19H21F3N6OS/c20-15-3-1-14(2-4-15)17-24-25-19(28(17)8-7-26-9-11-29-12-10-26)30-13-16-23-5-6-27(16)18(21)22/h1-6,18H,7-13H2. The van der Waals surface area contributed by atoms with E-state index in [1.165, 1.54) is 36.3 Å². The zero-order chi connectivity index (χ0) is 20.9. The van der Waals surface area contributed by atoms with E-state index in [4.69, 9.17) is 4.74 Å². The van der Waals surface area contributed by atoms with Crippen molar-refractivity contribution in [2.24, 2.45) is 0 Å². The number of imidazole rings is 1. The van der Waals surface area contributed by atoms with Gasteiger partial charge >= 0.3 is 6.55 Å². The van der Waals surface area contributed by atoms with Crippen LogP contribution < -0.4 is 0 Å². The molecule has 0 aliphatic carbocycles. The molecule has 2 aromatic heterocycles. The van der Waals surface area contributed by atoms with Crippen molar-refractivity contribution in [2.45, 2.75) is 24.0 Å². The van der Waals surface area contributed by atoms with E-state index in [0.29, 0.717) is 30.7 Å². The maximum atomic E-state index is 13.3. The Kier molecular flexibility index (Phi) is 6.70. The molecule has 0 saturated carbocycles. The van der Waals surface area contributed by atoms with Crippen LogP contribution in [0.3, 0.4) is 0 Å². The van der Waals surface area contributed by atoms with Gasteiger partial charge in [-0.05, 0) is 24.3 Å². The summed E-state index contributed by atoms with van der Waals surface area (Å²) < 4.78 is 47.7. The third-order valence-electron chi connectivity index (χ3n) is 4.85. The molecule has 0 amide bonds. The molecule has 0 bridgehead atoms. The lowest BCUT2D eigenvalue weighted by Gasteiger charge is -2.27. The lowest BCUT2D eigenvalue weighted by Crippen LogP contribution is -2.38. The summed E-state index contributed by atoms with van der Waals surface area (Å²) in [4.78, 5) is 6.30. The largest absolute Gasteiger partial charge is 0.379 e. The van der Waals surface area contributed by atoms with E-state index < -0.39 is 6.55 Å². The van der Waals surface area contributed by atoms with Crippen LogP contribution in [0.5, 0.6) is 0 Å². The van der Waals surface area contributed by atoms with Crippen LogP contribution in [-0.2, 0) is 17.0 Å². The fourth-order valence-electron chi connectivity index (χ4n) is 3.24. The van der Waals surface area contributed by atoms with E-state index in [-0.39, 0.29) is 17.4 Å². The van der Waals surface area contributed by atoms with E-state index >= 15 is 0 Å². The Hall–Kier alpha value is -2.37. The number of rotatable bonds is 8. The average molecular weight is 438 g/mol. The third kappa shape index (κ3) is 4.85. The number of morpholine rings is 1. The molecule has 11 heteroatoms. The number of nitrogens with zero attached hydrogens (tertiary/aromatic N) is 6. The lowest BCUT2D eigenvalue weighted by molar-refractivity contribution is 0.0361. The van der Waals surface area contributed by atoms with E-state index in [2.05, 4.69) is 20.1 Å². The lowest BCUT2D eigenvalue weighted by atomic mass is 10.2. The molecular formula is C19H21F3N6OS. The van der Waals surface area contributed by atoms with Crippen LogP contribution in [0.4, 0.5) is 13.2 Å². The maximum absolute atomic E-state index is 13.3. The van der Waals surface area contributed by atoms with Gasteiger partial charge < -0.3 is 9.30 Å². The highest BCUT2D eigenvalue weighted by Crippen LogP contribution is 2.27. The molecule has 0 N–H and O–H groups in total. The highest BCUT2D eigenvalue weighted by Gasteiger charge is 2.19. The quantitative estimate of drug-likeness (QED) is 0.503. The Morgan fingerprint density at radius 2 is 1.83 bits per heavy atom. The van der Waals surface area contributed by atoms with Crippen LogP contribution in [0.15, 0.2) is 41.8 Å². The highest BCUT2D eigenvalue weighted by atomic mass is 32.2. The van der Waals surface area contributed by atoms with E-state index in [0.717, 1.165) is 29.8 Å². The van der Waals surface area contributed by atoms with Crippen LogP contribution in [0, 0.1) is 5.82 Å². The molecule has 0 atom stereocenters. The summed E-state index contributed by atoms with van der Waals surface area (Å²) >= 11 is 1.30. The fourth-order valence-corrected chi connectivity index (χ4v) is 4.15. The van der Waals surface area contributed by atoms with Crippen molar-refractivity contribution in [2.75, 3.05) is 32.8 Å². The Morgan fingerprint density at radius 3 is 2.57 bits per heavy atom. The molecule has 0 unspecified atom stereocenters. The van der Waals surface area contributed by atoms with Gasteiger partial charge in [0.2, 0.25) is 0 Å². The second-order valence-electron chi connectivity index (χ2n) is 6.74. The number of alkyl halides is 2. The van der Waals surface area contributed by atoms with Gasteiger partial charge in [0.05, 0.1) is 19.0 Å². The predicted molar refractivity (Wildman–Crippen MR) is 106 cm³/mol. The molecule has 0 radical (unpaired) electrons. The molecule has 3 aromatic rings. The van der Waals surface area contributed by atoms with Gasteiger partial charge in [0.15, 0.2) is 11.0 Å². The van der Waals surface area contributed by atoms with Gasteiger partial charge in [0, 0.05) is 44.1 Å². The van der Waals surface area contributed by atoms with Crippen molar-refractivity contribution in [3.8, 4) is 11.4 Å². The fraction of sp³-hybridized carbons (Fsp3) is 0.421. The van der Waals surface area contributed by atoms with E-state index in [9.17, 15) is 13.2 Å². The molecule has 30 heavy (non-hydrogen) atoms. The first-order chi connectivity index (χ1) is 14.6. The van der Waals surface area contributed by atoms with Crippen molar-refractivity contribution in [3.05, 3.63) is 48.3 Å². The Morgan fingerprint density at radius 1 is 1.07 bits per heavy atom. The molecule has 7 nitrogen and oxygen atoms in total. The predicted octanol–water partition coefficient (Wildman–Crippen LogP) is 3.30. The van der Waals surface area contributed by atoms with Gasteiger partial charge in [-0.25, -0.2) is 9.37 Å². The minimum atomic E-state index is -2.64.